The number of amides is 1. The largest absolute Gasteiger partial charge is 1.00 e. The van der Waals surface area contributed by atoms with E-state index in [2.05, 4.69) is 5.32 Å². The van der Waals surface area contributed by atoms with E-state index >= 15 is 0 Å². The van der Waals surface area contributed by atoms with Gasteiger partial charge in [0, 0.05) is 24.2 Å². The first-order valence-corrected chi connectivity index (χ1v) is 9.13. The van der Waals surface area contributed by atoms with Crippen LogP contribution in [0.15, 0.2) is 84.9 Å². The van der Waals surface area contributed by atoms with Gasteiger partial charge < -0.3 is 17.7 Å². The molecule has 2 atom stereocenters. The number of ketones is 1. The summed E-state index contributed by atoms with van der Waals surface area (Å²) in [5, 5.41) is 3.02. The van der Waals surface area contributed by atoms with Gasteiger partial charge in [-0.3, -0.25) is 9.59 Å². The van der Waals surface area contributed by atoms with E-state index in [0.717, 1.165) is 28.3 Å². The summed E-state index contributed by atoms with van der Waals surface area (Å²) >= 11 is 0. The summed E-state index contributed by atoms with van der Waals surface area (Å²) in [6.07, 6.45) is 0.194. The minimum absolute atomic E-state index is 0. The molecule has 1 N–H and O–H groups in total. The predicted octanol–water partition coefficient (Wildman–Crippen LogP) is 1.26. The second-order valence-electron chi connectivity index (χ2n) is 7.19. The highest BCUT2D eigenvalue weighted by molar-refractivity contribution is 6.16. The Hall–Kier alpha value is -3.04. The van der Waals surface area contributed by atoms with Gasteiger partial charge in [-0.25, -0.2) is 0 Å². The molecule has 0 aromatic heterocycles. The van der Waals surface area contributed by atoms with Gasteiger partial charge in [-0.1, -0.05) is 48.5 Å². The summed E-state index contributed by atoms with van der Waals surface area (Å²) in [6.45, 7) is 0. The number of Topliss-reactive ketones (excluding diaryl/α,β-unsaturated/α-hetero) is 1. The van der Waals surface area contributed by atoms with E-state index in [1.165, 1.54) is 0 Å². The fourth-order valence-electron chi connectivity index (χ4n) is 4.70. The lowest BCUT2D eigenvalue weighted by Gasteiger charge is -2.29. The zero-order valence-electron chi connectivity index (χ0n) is 15.1. The Balaban J connectivity index is 0.00000192. The van der Waals surface area contributed by atoms with Crippen LogP contribution >= 0.6 is 0 Å². The van der Waals surface area contributed by atoms with Crippen LogP contribution in [-0.4, -0.2) is 11.7 Å². The number of carbonyl (C=O) groups is 2. The smallest absolute Gasteiger partial charge is 0.237 e. The standard InChI is InChI=1S/C24H17NO2.ClH/c26-20-15-24(18-13-7-8-14-19(18)25-23(24)27)22(17-11-5-2-6-12-17)21(20)16-9-3-1-4-10-16;/h1-14,22H,15H2;1H. The molecular formula is C24H18ClNO2. The van der Waals surface area contributed by atoms with Crippen molar-refractivity contribution in [3.05, 3.63) is 108 Å². The monoisotopic (exact) mass is 387 g/mol. The molecular weight excluding hydrogens is 370 g/mol. The third-order valence-electron chi connectivity index (χ3n) is 5.80. The second-order valence-corrected chi connectivity index (χ2v) is 7.19. The number of carbonyl (C=O) groups excluding carboxylic acids is 2. The van der Waals surface area contributed by atoms with E-state index in [-0.39, 0.29) is 36.4 Å². The number of nitrogens with one attached hydrogen (secondary N) is 1. The number of benzene rings is 3. The molecule has 3 nitrogen and oxygen atoms in total. The van der Waals surface area contributed by atoms with Crippen molar-refractivity contribution < 1.29 is 22.0 Å². The lowest BCUT2D eigenvalue weighted by Crippen LogP contribution is -3.00. The number of anilines is 1. The molecule has 5 rings (SSSR count). The molecule has 1 heterocycles. The number of para-hydroxylation sites is 1. The molecule has 28 heavy (non-hydrogen) atoms. The van der Waals surface area contributed by atoms with Crippen molar-refractivity contribution in [3.8, 4) is 0 Å². The lowest BCUT2D eigenvalue weighted by atomic mass is 9.67. The van der Waals surface area contributed by atoms with Crippen molar-refractivity contribution in [2.24, 2.45) is 0 Å². The van der Waals surface area contributed by atoms with E-state index < -0.39 is 5.41 Å². The molecule has 138 valence electrons. The fraction of sp³-hybridized carbons (Fsp3) is 0.125. The molecule has 2 unspecified atom stereocenters. The lowest BCUT2D eigenvalue weighted by molar-refractivity contribution is -0.123. The van der Waals surface area contributed by atoms with Crippen molar-refractivity contribution in [2.45, 2.75) is 17.8 Å². The van der Waals surface area contributed by atoms with Crippen LogP contribution in [0.25, 0.3) is 0 Å². The molecule has 1 aliphatic heterocycles. The van der Waals surface area contributed by atoms with Crippen LogP contribution in [0.2, 0.25) is 0 Å². The van der Waals surface area contributed by atoms with Gasteiger partial charge in [0.1, 0.15) is 16.9 Å². The van der Waals surface area contributed by atoms with Gasteiger partial charge in [0.2, 0.25) is 11.7 Å². The van der Waals surface area contributed by atoms with Crippen LogP contribution in [0.3, 0.4) is 0 Å². The third kappa shape index (κ3) is 2.47. The maximum Gasteiger partial charge on any atom is 0.237 e. The van der Waals surface area contributed by atoms with E-state index in [4.69, 9.17) is 0 Å². The molecule has 3 aromatic rings. The van der Waals surface area contributed by atoms with Crippen LogP contribution in [-0.2, 0) is 15.0 Å². The van der Waals surface area contributed by atoms with Gasteiger partial charge in [0.25, 0.3) is 0 Å². The summed E-state index contributed by atoms with van der Waals surface area (Å²) in [5.41, 5.74) is 2.73. The summed E-state index contributed by atoms with van der Waals surface area (Å²) in [4.78, 5) is 26.5. The van der Waals surface area contributed by atoms with Crippen molar-refractivity contribution in [3.63, 3.8) is 0 Å². The predicted molar refractivity (Wildman–Crippen MR) is 104 cm³/mol. The highest BCUT2D eigenvalue weighted by Gasteiger charge is 2.65. The number of hydrogen-bond donors (Lipinski definition) is 1. The summed E-state index contributed by atoms with van der Waals surface area (Å²) in [7, 11) is 0. The second kappa shape index (κ2) is 6.84. The van der Waals surface area contributed by atoms with E-state index in [0.29, 0.717) is 0 Å². The van der Waals surface area contributed by atoms with Crippen molar-refractivity contribution in [2.75, 3.05) is 5.32 Å². The van der Waals surface area contributed by atoms with Gasteiger partial charge in [0.15, 0.2) is 0 Å². The highest BCUT2D eigenvalue weighted by atomic mass is 35.5. The summed E-state index contributed by atoms with van der Waals surface area (Å²) < 4.78 is 0. The Morgan fingerprint density at radius 1 is 0.821 bits per heavy atom. The first kappa shape index (κ1) is 18.3. The zero-order chi connectivity index (χ0) is 18.4. The van der Waals surface area contributed by atoms with Crippen molar-refractivity contribution in [1.29, 1.82) is 0 Å². The Labute approximate surface area is 170 Å². The van der Waals surface area contributed by atoms with Gasteiger partial charge in [0.05, 0.1) is 5.92 Å². The quantitative estimate of drug-likeness (QED) is 0.673. The molecule has 2 aliphatic rings. The number of halogens is 1. The Morgan fingerprint density at radius 3 is 2.14 bits per heavy atom. The van der Waals surface area contributed by atoms with E-state index in [1.807, 2.05) is 84.9 Å². The summed E-state index contributed by atoms with van der Waals surface area (Å²) in [6, 6.07) is 27.4. The average Bonchev–Trinajstić information content (AvgIpc) is 3.18. The molecule has 1 spiro atoms. The Kier molecular flexibility index (Phi) is 4.48. The van der Waals surface area contributed by atoms with Crippen LogP contribution in [0, 0.1) is 5.92 Å². The number of fused-ring (bicyclic) bond motifs is 2. The SMILES string of the molecule is O=C1CC2(C(=O)Nc3ccccc32)C(c2ccccc2)[C+]1c1ccccc1.[Cl-]. The molecule has 0 radical (unpaired) electrons. The topological polar surface area (TPSA) is 46.2 Å². The molecule has 0 bridgehead atoms. The average molecular weight is 388 g/mol. The molecule has 1 amide bonds. The Morgan fingerprint density at radius 2 is 1.43 bits per heavy atom. The molecule has 1 fully saturated rings. The molecule has 0 saturated heterocycles. The normalized spacial score (nSPS) is 22.7. The zero-order valence-corrected chi connectivity index (χ0v) is 15.8. The Bertz CT molecular complexity index is 1030. The van der Waals surface area contributed by atoms with Gasteiger partial charge in [-0.2, -0.15) is 0 Å². The minimum atomic E-state index is -0.889. The molecule has 1 saturated carbocycles. The fourth-order valence-corrected chi connectivity index (χ4v) is 4.70. The van der Waals surface area contributed by atoms with Crippen LogP contribution < -0.4 is 17.7 Å². The number of hydrogen-bond acceptors (Lipinski definition) is 2. The van der Waals surface area contributed by atoms with Crippen molar-refractivity contribution >= 4 is 17.4 Å². The minimum Gasteiger partial charge on any atom is -1.00 e. The third-order valence-corrected chi connectivity index (χ3v) is 5.80. The first-order chi connectivity index (χ1) is 13.2. The van der Waals surface area contributed by atoms with Gasteiger partial charge in [-0.15, -0.1) is 0 Å². The van der Waals surface area contributed by atoms with Crippen LogP contribution in [0.4, 0.5) is 5.69 Å². The van der Waals surface area contributed by atoms with Crippen LogP contribution in [0.1, 0.15) is 29.0 Å². The van der Waals surface area contributed by atoms with Crippen molar-refractivity contribution in [1.82, 2.24) is 0 Å². The first-order valence-electron chi connectivity index (χ1n) is 9.13. The molecule has 1 aliphatic carbocycles. The van der Waals surface area contributed by atoms with Crippen LogP contribution in [0.5, 0.6) is 0 Å². The van der Waals surface area contributed by atoms with Gasteiger partial charge >= 0.3 is 0 Å². The van der Waals surface area contributed by atoms with E-state index in [1.54, 1.807) is 0 Å². The maximum atomic E-state index is 13.3. The maximum absolute atomic E-state index is 13.3. The number of rotatable bonds is 2. The summed E-state index contributed by atoms with van der Waals surface area (Å²) in [5.74, 6) is 0.379. The molecule has 3 aromatic carbocycles. The van der Waals surface area contributed by atoms with E-state index in [9.17, 15) is 9.59 Å². The van der Waals surface area contributed by atoms with Gasteiger partial charge in [-0.05, 0) is 35.4 Å². The highest BCUT2D eigenvalue weighted by Crippen LogP contribution is 2.59. The molecule has 4 heteroatoms.